The van der Waals surface area contributed by atoms with Gasteiger partial charge in [0.1, 0.15) is 5.82 Å². The molecule has 5 heteroatoms. The molecule has 0 fully saturated rings. The Hall–Kier alpha value is -4.31. The van der Waals surface area contributed by atoms with Gasteiger partial charge in [-0.1, -0.05) is 214 Å². The van der Waals surface area contributed by atoms with Gasteiger partial charge in [-0.25, -0.2) is 15.0 Å². The van der Waals surface area contributed by atoms with E-state index < -0.39 is 0 Å². The fourth-order valence-electron chi connectivity index (χ4n) is 8.71. The molecule has 0 atom stereocenters. The molecule has 7 rings (SSSR count). The summed E-state index contributed by atoms with van der Waals surface area (Å²) in [5.74, 6) is 2.07. The Balaban J connectivity index is 0.00000567. The molecule has 2 heterocycles. The number of unbranched alkanes of at least 4 members (excludes halogenated alkanes) is 10. The Labute approximate surface area is 362 Å². The summed E-state index contributed by atoms with van der Waals surface area (Å²) in [7, 11) is 0. The van der Waals surface area contributed by atoms with Gasteiger partial charge in [-0.05, 0) is 35.2 Å². The average Bonchev–Trinajstić information content (AvgIpc) is 3.52. The van der Waals surface area contributed by atoms with E-state index in [9.17, 15) is 0 Å². The molecular formula is C53H61IrN4-. The van der Waals surface area contributed by atoms with Crippen molar-refractivity contribution in [3.63, 3.8) is 0 Å². The van der Waals surface area contributed by atoms with Gasteiger partial charge in [0.15, 0.2) is 11.6 Å². The average molecular weight is 946 g/mol. The first-order valence-electron chi connectivity index (χ1n) is 21.9. The van der Waals surface area contributed by atoms with Gasteiger partial charge >= 0.3 is 0 Å². The number of rotatable bonds is 18. The van der Waals surface area contributed by atoms with Crippen LogP contribution >= 0.6 is 0 Å². The topological polar surface area (TPSA) is 51.6 Å². The van der Waals surface area contributed by atoms with E-state index in [0.29, 0.717) is 11.6 Å². The molecular weight excluding hydrogens is 885 g/mol. The van der Waals surface area contributed by atoms with Crippen molar-refractivity contribution in [2.45, 2.75) is 135 Å². The number of benzene rings is 4. The summed E-state index contributed by atoms with van der Waals surface area (Å²) in [5, 5.41) is 0. The maximum absolute atomic E-state index is 5.06. The zero-order valence-corrected chi connectivity index (χ0v) is 37.8. The van der Waals surface area contributed by atoms with Crippen LogP contribution in [0.15, 0.2) is 109 Å². The van der Waals surface area contributed by atoms with Crippen molar-refractivity contribution in [1.82, 2.24) is 19.9 Å². The number of hydrogen-bond donors (Lipinski definition) is 0. The monoisotopic (exact) mass is 946 g/mol. The molecule has 4 nitrogen and oxygen atoms in total. The molecule has 0 aliphatic heterocycles. The Bertz CT molecular complexity index is 2190. The van der Waals surface area contributed by atoms with Crippen LogP contribution in [0.25, 0.3) is 56.3 Å². The predicted octanol–water partition coefficient (Wildman–Crippen LogP) is 14.8. The van der Waals surface area contributed by atoms with Gasteiger partial charge in [0.05, 0.1) is 0 Å². The molecule has 58 heavy (non-hydrogen) atoms. The molecule has 6 aromatic rings. The van der Waals surface area contributed by atoms with E-state index in [-0.39, 0.29) is 30.9 Å². The van der Waals surface area contributed by atoms with Crippen LogP contribution in [0.2, 0.25) is 0 Å². The van der Waals surface area contributed by atoms with E-state index in [2.05, 4.69) is 138 Å². The Kier molecular flexibility index (Phi) is 15.0. The molecule has 0 spiro atoms. The van der Waals surface area contributed by atoms with E-state index in [1.54, 1.807) is 0 Å². The smallest absolute Gasteiger partial charge is 0.165 e. The second-order valence-corrected chi connectivity index (χ2v) is 17.3. The molecule has 1 radical (unpaired) electrons. The first kappa shape index (κ1) is 43.3. The van der Waals surface area contributed by atoms with Crippen LogP contribution < -0.4 is 0 Å². The normalized spacial score (nSPS) is 12.8. The fraction of sp³-hybridized carbons (Fsp3) is 0.396. The third-order valence-corrected chi connectivity index (χ3v) is 12.0. The quantitative estimate of drug-likeness (QED) is 0.0636. The largest absolute Gasteiger partial charge is 0.304 e. The maximum Gasteiger partial charge on any atom is 0.165 e. The number of nitrogens with zero attached hydrogens (tertiary/aromatic N) is 4. The number of fused-ring (bicyclic) bond motifs is 3. The van der Waals surface area contributed by atoms with Crippen molar-refractivity contribution < 1.29 is 20.1 Å². The van der Waals surface area contributed by atoms with Crippen molar-refractivity contribution >= 4 is 0 Å². The molecule has 0 saturated heterocycles. The third-order valence-electron chi connectivity index (χ3n) is 12.0. The summed E-state index contributed by atoms with van der Waals surface area (Å²) in [6, 6.07) is 40.8. The maximum atomic E-state index is 5.06. The van der Waals surface area contributed by atoms with E-state index in [4.69, 9.17) is 19.9 Å². The Morgan fingerprint density at radius 1 is 0.534 bits per heavy atom. The molecule has 0 bridgehead atoms. The van der Waals surface area contributed by atoms with Crippen LogP contribution in [0.5, 0.6) is 0 Å². The molecule has 0 unspecified atom stereocenters. The van der Waals surface area contributed by atoms with Crippen molar-refractivity contribution in [3.8, 4) is 56.3 Å². The van der Waals surface area contributed by atoms with Crippen LogP contribution in [0.1, 0.15) is 141 Å². The SMILES string of the molecule is CCCCCCCCC1(CCCCCCCC)c2ccccc2-c2c[c-]c(-c3ccc(-c4nc(-c5ccc(-c6ccccc6)cc5)nc(C(C)(C)C)n4)cn3)cc21.[Ir]. The van der Waals surface area contributed by atoms with Gasteiger partial charge in [0.25, 0.3) is 0 Å². The van der Waals surface area contributed by atoms with Gasteiger partial charge in [-0.2, -0.15) is 0 Å². The van der Waals surface area contributed by atoms with Gasteiger partial charge in [-0.3, -0.25) is 0 Å². The third kappa shape index (κ3) is 9.92. The molecule has 303 valence electrons. The van der Waals surface area contributed by atoms with E-state index in [1.165, 1.54) is 123 Å². The predicted molar refractivity (Wildman–Crippen MR) is 239 cm³/mol. The number of pyridine rings is 1. The zero-order valence-electron chi connectivity index (χ0n) is 35.4. The molecule has 0 N–H and O–H groups in total. The van der Waals surface area contributed by atoms with Crippen molar-refractivity contribution in [2.24, 2.45) is 0 Å². The molecule has 1 aliphatic rings. The second-order valence-electron chi connectivity index (χ2n) is 17.3. The number of aromatic nitrogens is 4. The molecule has 2 aromatic heterocycles. The summed E-state index contributed by atoms with van der Waals surface area (Å²) in [6.45, 7) is 11.1. The number of hydrogen-bond acceptors (Lipinski definition) is 4. The molecule has 0 saturated carbocycles. The van der Waals surface area contributed by atoms with Crippen LogP contribution in [-0.4, -0.2) is 19.9 Å². The summed E-state index contributed by atoms with van der Waals surface area (Å²) in [5.41, 5.74) is 11.7. The van der Waals surface area contributed by atoms with Crippen molar-refractivity contribution in [3.05, 3.63) is 132 Å². The molecule has 1 aliphatic carbocycles. The first-order chi connectivity index (χ1) is 27.8. The standard InChI is InChI=1S/C53H61N4.Ir/c1-6-8-10-12-14-21-35-53(36-22-15-13-11-9-7-2)46-26-20-19-25-44(46)45-33-31-42(37-47(45)53)48-34-32-43(38-54-48)50-55-49(56-51(57-50)52(3,4)5)41-29-27-40(28-30-41)39-23-17-16-18-24-39;/h16-20,23-30,32-34,37-38H,6-15,21-22,35-36H2,1-5H3;/q-1;. The summed E-state index contributed by atoms with van der Waals surface area (Å²) in [4.78, 5) is 20.0. The summed E-state index contributed by atoms with van der Waals surface area (Å²) < 4.78 is 0. The zero-order chi connectivity index (χ0) is 39.7. The second kappa shape index (κ2) is 20.1. The minimum absolute atomic E-state index is 0. The van der Waals surface area contributed by atoms with Crippen LogP contribution in [-0.2, 0) is 30.9 Å². The van der Waals surface area contributed by atoms with Crippen molar-refractivity contribution in [2.75, 3.05) is 0 Å². The summed E-state index contributed by atoms with van der Waals surface area (Å²) in [6.07, 6.45) is 20.1. The molecule has 0 amide bonds. The van der Waals surface area contributed by atoms with Gasteiger partial charge in [0.2, 0.25) is 0 Å². The fourth-order valence-corrected chi connectivity index (χ4v) is 8.71. The first-order valence-corrected chi connectivity index (χ1v) is 21.9. The minimum atomic E-state index is -0.252. The molecule has 4 aromatic carbocycles. The Morgan fingerprint density at radius 2 is 1.09 bits per heavy atom. The van der Waals surface area contributed by atoms with Gasteiger partial charge < -0.3 is 4.98 Å². The van der Waals surface area contributed by atoms with Crippen LogP contribution in [0.4, 0.5) is 0 Å². The van der Waals surface area contributed by atoms with E-state index in [0.717, 1.165) is 28.2 Å². The van der Waals surface area contributed by atoms with Gasteiger partial charge in [-0.15, -0.1) is 29.3 Å². The minimum Gasteiger partial charge on any atom is -0.304 e. The van der Waals surface area contributed by atoms with E-state index in [1.807, 2.05) is 12.3 Å². The van der Waals surface area contributed by atoms with Crippen LogP contribution in [0, 0.1) is 6.07 Å². The van der Waals surface area contributed by atoms with E-state index >= 15 is 0 Å². The van der Waals surface area contributed by atoms with Crippen LogP contribution in [0.3, 0.4) is 0 Å². The van der Waals surface area contributed by atoms with Gasteiger partial charge in [0, 0.05) is 48.3 Å². The summed E-state index contributed by atoms with van der Waals surface area (Å²) >= 11 is 0. The van der Waals surface area contributed by atoms with Crippen molar-refractivity contribution in [1.29, 1.82) is 0 Å². The Morgan fingerprint density at radius 3 is 1.71 bits per heavy atom.